The molecule has 9 heteroatoms. The van der Waals surface area contributed by atoms with Crippen LogP contribution < -0.4 is 15.4 Å². The first kappa shape index (κ1) is 28.0. The molecule has 3 N–H and O–H groups in total. The number of aliphatic carboxylic acids is 1. The summed E-state index contributed by atoms with van der Waals surface area (Å²) in [5, 5.41) is 26.3. The lowest BCUT2D eigenvalue weighted by molar-refractivity contribution is -0.136. The first-order valence-electron chi connectivity index (χ1n) is 12.1. The number of halogens is 1. The summed E-state index contributed by atoms with van der Waals surface area (Å²) in [6.45, 7) is 1.83. The third-order valence-electron chi connectivity index (χ3n) is 6.22. The van der Waals surface area contributed by atoms with Crippen LogP contribution in [0, 0.1) is 11.3 Å². The number of anilines is 1. The van der Waals surface area contributed by atoms with Crippen molar-refractivity contribution in [3.05, 3.63) is 116 Å². The summed E-state index contributed by atoms with van der Waals surface area (Å²) < 4.78 is 6.19. The Morgan fingerprint density at radius 2 is 1.74 bits per heavy atom. The van der Waals surface area contributed by atoms with E-state index in [-0.39, 0.29) is 12.3 Å². The zero-order chi connectivity index (χ0) is 27.9. The van der Waals surface area contributed by atoms with E-state index in [1.807, 2.05) is 55.5 Å². The Bertz CT molecular complexity index is 1510. The molecular formula is C30H26BrN3O4S. The number of carboxylic acid groups (broad SMARTS) is 1. The van der Waals surface area contributed by atoms with Crippen LogP contribution >= 0.6 is 27.7 Å². The fraction of sp³-hybridized carbons (Fsp3) is 0.167. The van der Waals surface area contributed by atoms with Gasteiger partial charge in [-0.25, -0.2) is 0 Å². The van der Waals surface area contributed by atoms with E-state index in [1.165, 1.54) is 11.8 Å². The summed E-state index contributed by atoms with van der Waals surface area (Å²) in [6.07, 6.45) is -0.0317. The number of carbonyl (C=O) groups is 2. The number of nitrogens with one attached hydrogen (secondary N) is 2. The Hall–Kier alpha value is -4.00. The number of carboxylic acids is 1. The summed E-state index contributed by atoms with van der Waals surface area (Å²) in [4.78, 5) is 24.7. The molecule has 1 amide bonds. The van der Waals surface area contributed by atoms with Gasteiger partial charge in [0.2, 0.25) is 0 Å². The number of dihydropyridines is 1. The quantitative estimate of drug-likeness (QED) is 0.261. The molecule has 198 valence electrons. The molecule has 4 rings (SSSR count). The molecule has 1 heterocycles. The highest BCUT2D eigenvalue weighted by molar-refractivity contribution is 9.10. The summed E-state index contributed by atoms with van der Waals surface area (Å²) in [7, 11) is 1.54. The number of hydrogen-bond donors (Lipinski definition) is 3. The molecule has 0 spiro atoms. The van der Waals surface area contributed by atoms with Crippen LogP contribution in [0.2, 0.25) is 0 Å². The van der Waals surface area contributed by atoms with Crippen molar-refractivity contribution in [3.8, 4) is 11.8 Å². The number of ether oxygens (including phenoxy) is 1. The average Bonchev–Trinajstić information content (AvgIpc) is 2.92. The number of carbonyl (C=O) groups excluding carboxylic acids is 1. The van der Waals surface area contributed by atoms with Gasteiger partial charge in [0.1, 0.15) is 5.75 Å². The minimum Gasteiger partial charge on any atom is -0.495 e. The molecule has 1 atom stereocenters. The van der Waals surface area contributed by atoms with Gasteiger partial charge in [0.05, 0.1) is 41.8 Å². The van der Waals surface area contributed by atoms with E-state index in [0.29, 0.717) is 39.1 Å². The smallest absolute Gasteiger partial charge is 0.307 e. The molecule has 0 radical (unpaired) electrons. The fourth-order valence-corrected chi connectivity index (χ4v) is 5.93. The molecule has 3 aromatic rings. The Labute approximate surface area is 239 Å². The van der Waals surface area contributed by atoms with Gasteiger partial charge in [0, 0.05) is 21.5 Å². The average molecular weight is 605 g/mol. The predicted octanol–water partition coefficient (Wildman–Crippen LogP) is 6.35. The molecular weight excluding hydrogens is 578 g/mol. The minimum absolute atomic E-state index is 0.0317. The number of nitrogens with zero attached hydrogens (tertiary/aromatic N) is 1. The van der Waals surface area contributed by atoms with Crippen LogP contribution in [-0.2, 0) is 21.8 Å². The lowest BCUT2D eigenvalue weighted by atomic mass is 9.82. The van der Waals surface area contributed by atoms with Crippen molar-refractivity contribution in [3.63, 3.8) is 0 Å². The molecule has 0 bridgehead atoms. The van der Waals surface area contributed by atoms with Crippen LogP contribution in [0.5, 0.6) is 5.75 Å². The SMILES string of the molecule is COc1ccccc1NC(=O)C1=C(C)NC(SCc2ccc(CC(=O)O)cc2)=C(C#N)C1c1ccccc1Br. The first-order chi connectivity index (χ1) is 18.8. The number of nitriles is 1. The maximum Gasteiger partial charge on any atom is 0.307 e. The normalized spacial score (nSPS) is 14.9. The molecule has 0 saturated heterocycles. The van der Waals surface area contributed by atoms with Gasteiger partial charge in [-0.15, -0.1) is 11.8 Å². The van der Waals surface area contributed by atoms with Gasteiger partial charge >= 0.3 is 5.97 Å². The summed E-state index contributed by atoms with van der Waals surface area (Å²) in [5.74, 6) is -0.733. The second-order valence-corrected chi connectivity index (χ2v) is 10.6. The Kier molecular flexibility index (Phi) is 9.12. The maximum absolute atomic E-state index is 13.7. The molecule has 39 heavy (non-hydrogen) atoms. The number of benzene rings is 3. The molecule has 0 aromatic heterocycles. The number of methoxy groups -OCH3 is 1. The van der Waals surface area contributed by atoms with Crippen LogP contribution in [0.1, 0.15) is 29.5 Å². The van der Waals surface area contributed by atoms with Crippen molar-refractivity contribution in [1.29, 1.82) is 5.26 Å². The second-order valence-electron chi connectivity index (χ2n) is 8.80. The van der Waals surface area contributed by atoms with Crippen LogP contribution in [0.15, 0.2) is 99.1 Å². The zero-order valence-corrected chi connectivity index (χ0v) is 23.7. The largest absolute Gasteiger partial charge is 0.495 e. The number of amides is 1. The fourth-order valence-electron chi connectivity index (χ4n) is 4.37. The zero-order valence-electron chi connectivity index (χ0n) is 21.3. The highest BCUT2D eigenvalue weighted by atomic mass is 79.9. The van der Waals surface area contributed by atoms with E-state index in [4.69, 9.17) is 9.84 Å². The summed E-state index contributed by atoms with van der Waals surface area (Å²) >= 11 is 5.08. The predicted molar refractivity (Wildman–Crippen MR) is 156 cm³/mol. The van der Waals surface area contributed by atoms with Gasteiger partial charge in [-0.2, -0.15) is 5.26 Å². The van der Waals surface area contributed by atoms with Crippen molar-refractivity contribution < 1.29 is 19.4 Å². The number of rotatable bonds is 9. The third kappa shape index (κ3) is 6.53. The van der Waals surface area contributed by atoms with Gasteiger partial charge in [-0.1, -0.05) is 70.5 Å². The van der Waals surface area contributed by atoms with Gasteiger partial charge in [0.25, 0.3) is 5.91 Å². The lowest BCUT2D eigenvalue weighted by Crippen LogP contribution is -2.31. The molecule has 0 aliphatic carbocycles. The van der Waals surface area contributed by atoms with Crippen LogP contribution in [0.4, 0.5) is 5.69 Å². The van der Waals surface area contributed by atoms with E-state index in [0.717, 1.165) is 21.2 Å². The van der Waals surface area contributed by atoms with Crippen molar-refractivity contribution in [1.82, 2.24) is 5.32 Å². The Balaban J connectivity index is 1.68. The van der Waals surface area contributed by atoms with Crippen LogP contribution in [0.3, 0.4) is 0 Å². The molecule has 0 fully saturated rings. The standard InChI is InChI=1S/C30H26BrN3O4S/c1-18-27(29(37)34-24-9-5-6-10-25(24)38-2)28(21-7-3-4-8-23(21)31)22(16-32)30(33-18)39-17-20-13-11-19(12-14-20)15-26(35)36/h3-14,28,33H,15,17H2,1-2H3,(H,34,37)(H,35,36). The van der Waals surface area contributed by atoms with E-state index in [2.05, 4.69) is 32.6 Å². The molecule has 1 unspecified atom stereocenters. The summed E-state index contributed by atoms with van der Waals surface area (Å²) in [5.41, 5.74) is 4.56. The van der Waals surface area contributed by atoms with Crippen molar-refractivity contribution >= 4 is 45.3 Å². The number of para-hydroxylation sites is 2. The monoisotopic (exact) mass is 603 g/mol. The lowest BCUT2D eigenvalue weighted by Gasteiger charge is -2.30. The highest BCUT2D eigenvalue weighted by Gasteiger charge is 2.35. The van der Waals surface area contributed by atoms with E-state index < -0.39 is 11.9 Å². The third-order valence-corrected chi connectivity index (χ3v) is 8.04. The number of allylic oxidation sites excluding steroid dienone is 2. The first-order valence-corrected chi connectivity index (χ1v) is 13.8. The topological polar surface area (TPSA) is 111 Å². The number of thioether (sulfide) groups is 1. The van der Waals surface area contributed by atoms with Gasteiger partial charge in [0.15, 0.2) is 0 Å². The Morgan fingerprint density at radius 1 is 1.08 bits per heavy atom. The van der Waals surface area contributed by atoms with Crippen LogP contribution in [-0.4, -0.2) is 24.1 Å². The van der Waals surface area contributed by atoms with Gasteiger partial charge in [-0.05, 0) is 41.8 Å². The van der Waals surface area contributed by atoms with E-state index in [1.54, 1.807) is 31.4 Å². The highest BCUT2D eigenvalue weighted by Crippen LogP contribution is 2.44. The Morgan fingerprint density at radius 3 is 2.41 bits per heavy atom. The van der Waals surface area contributed by atoms with Crippen LogP contribution in [0.25, 0.3) is 0 Å². The minimum atomic E-state index is -0.877. The molecule has 7 nitrogen and oxygen atoms in total. The molecule has 1 aliphatic heterocycles. The number of hydrogen-bond acceptors (Lipinski definition) is 6. The van der Waals surface area contributed by atoms with Crippen molar-refractivity contribution in [2.45, 2.75) is 25.0 Å². The second kappa shape index (κ2) is 12.7. The molecule has 0 saturated carbocycles. The molecule has 3 aromatic carbocycles. The van der Waals surface area contributed by atoms with Crippen molar-refractivity contribution in [2.24, 2.45) is 0 Å². The van der Waals surface area contributed by atoms with Gasteiger partial charge < -0.3 is 20.5 Å². The van der Waals surface area contributed by atoms with Crippen molar-refractivity contribution in [2.75, 3.05) is 12.4 Å². The van der Waals surface area contributed by atoms with E-state index in [9.17, 15) is 14.9 Å². The van der Waals surface area contributed by atoms with Gasteiger partial charge in [-0.3, -0.25) is 9.59 Å². The van der Waals surface area contributed by atoms with E-state index >= 15 is 0 Å². The molecule has 1 aliphatic rings. The maximum atomic E-state index is 13.7. The summed E-state index contributed by atoms with van der Waals surface area (Å²) in [6, 6.07) is 24.5.